The van der Waals surface area contributed by atoms with E-state index in [0.717, 1.165) is 37.4 Å². The zero-order chi connectivity index (χ0) is 13.5. The fraction of sp³-hybridized carbons (Fsp3) is 0.667. The number of hydrogen-bond donors (Lipinski definition) is 1. The van der Waals surface area contributed by atoms with Crippen molar-refractivity contribution in [2.45, 2.75) is 51.2 Å². The Labute approximate surface area is 120 Å². The van der Waals surface area contributed by atoms with Crippen LogP contribution in [0.2, 0.25) is 5.02 Å². The van der Waals surface area contributed by atoms with Gasteiger partial charge in [0, 0.05) is 25.0 Å². The molecule has 0 spiro atoms. The molecule has 2 heterocycles. The van der Waals surface area contributed by atoms with Gasteiger partial charge in [-0.25, -0.2) is 0 Å². The van der Waals surface area contributed by atoms with Gasteiger partial charge in [0.1, 0.15) is 0 Å². The molecule has 2 atom stereocenters. The maximum absolute atomic E-state index is 6.20. The SMILES string of the molecule is CCCNC(Cc1ccncc1Cl)CC1CCCO1. The van der Waals surface area contributed by atoms with Crippen LogP contribution < -0.4 is 5.32 Å². The molecule has 2 unspecified atom stereocenters. The highest BCUT2D eigenvalue weighted by Gasteiger charge is 2.21. The third-order valence-corrected chi connectivity index (χ3v) is 3.92. The Morgan fingerprint density at radius 3 is 3.16 bits per heavy atom. The van der Waals surface area contributed by atoms with Gasteiger partial charge in [0.25, 0.3) is 0 Å². The molecule has 0 saturated carbocycles. The summed E-state index contributed by atoms with van der Waals surface area (Å²) in [5.41, 5.74) is 1.17. The highest BCUT2D eigenvalue weighted by molar-refractivity contribution is 6.31. The van der Waals surface area contributed by atoms with Crippen LogP contribution in [0, 0.1) is 0 Å². The maximum Gasteiger partial charge on any atom is 0.0621 e. The van der Waals surface area contributed by atoms with Gasteiger partial charge in [0.15, 0.2) is 0 Å². The van der Waals surface area contributed by atoms with Gasteiger partial charge >= 0.3 is 0 Å². The van der Waals surface area contributed by atoms with Crippen LogP contribution in [0.25, 0.3) is 0 Å². The van der Waals surface area contributed by atoms with Crippen LogP contribution in [-0.4, -0.2) is 30.3 Å². The molecule has 106 valence electrons. The summed E-state index contributed by atoms with van der Waals surface area (Å²) in [6.07, 6.45) is 9.49. The first-order valence-corrected chi connectivity index (χ1v) is 7.60. The smallest absolute Gasteiger partial charge is 0.0621 e. The first-order chi connectivity index (χ1) is 9.29. The van der Waals surface area contributed by atoms with Crippen LogP contribution >= 0.6 is 11.6 Å². The Kier molecular flexibility index (Phi) is 6.08. The summed E-state index contributed by atoms with van der Waals surface area (Å²) < 4.78 is 5.75. The summed E-state index contributed by atoms with van der Waals surface area (Å²) in [7, 11) is 0. The molecule has 1 N–H and O–H groups in total. The molecule has 1 saturated heterocycles. The highest BCUT2D eigenvalue weighted by Crippen LogP contribution is 2.21. The monoisotopic (exact) mass is 282 g/mol. The number of nitrogens with one attached hydrogen (secondary N) is 1. The van der Waals surface area contributed by atoms with Crippen molar-refractivity contribution in [2.24, 2.45) is 0 Å². The molecule has 3 nitrogen and oxygen atoms in total. The third-order valence-electron chi connectivity index (χ3n) is 3.58. The van der Waals surface area contributed by atoms with Gasteiger partial charge < -0.3 is 10.1 Å². The van der Waals surface area contributed by atoms with Gasteiger partial charge in [0.2, 0.25) is 0 Å². The molecule has 1 aromatic heterocycles. The Morgan fingerprint density at radius 1 is 1.58 bits per heavy atom. The van der Waals surface area contributed by atoms with E-state index in [9.17, 15) is 0 Å². The second-order valence-electron chi connectivity index (χ2n) is 5.19. The van der Waals surface area contributed by atoms with E-state index in [0.29, 0.717) is 12.1 Å². The number of ether oxygens (including phenoxy) is 1. The zero-order valence-corrected chi connectivity index (χ0v) is 12.3. The first-order valence-electron chi connectivity index (χ1n) is 7.23. The van der Waals surface area contributed by atoms with Gasteiger partial charge in [0.05, 0.1) is 11.1 Å². The number of nitrogens with zero attached hydrogens (tertiary/aromatic N) is 1. The lowest BCUT2D eigenvalue weighted by Gasteiger charge is -2.22. The minimum Gasteiger partial charge on any atom is -0.378 e. The predicted molar refractivity (Wildman–Crippen MR) is 78.6 cm³/mol. The summed E-state index contributed by atoms with van der Waals surface area (Å²) in [4.78, 5) is 4.04. The average Bonchev–Trinajstić information content (AvgIpc) is 2.91. The fourth-order valence-corrected chi connectivity index (χ4v) is 2.77. The summed E-state index contributed by atoms with van der Waals surface area (Å²) >= 11 is 6.20. The van der Waals surface area contributed by atoms with Crippen molar-refractivity contribution in [3.63, 3.8) is 0 Å². The zero-order valence-electron chi connectivity index (χ0n) is 11.6. The number of pyridine rings is 1. The molecule has 2 rings (SSSR count). The van der Waals surface area contributed by atoms with Gasteiger partial charge in [-0.3, -0.25) is 4.98 Å². The number of halogens is 1. The second kappa shape index (κ2) is 7.83. The maximum atomic E-state index is 6.20. The lowest BCUT2D eigenvalue weighted by molar-refractivity contribution is 0.0946. The molecule has 0 radical (unpaired) electrons. The van der Waals surface area contributed by atoms with Crippen LogP contribution in [0.15, 0.2) is 18.5 Å². The quantitative estimate of drug-likeness (QED) is 0.834. The molecular formula is C15H23ClN2O. The summed E-state index contributed by atoms with van der Waals surface area (Å²) in [5.74, 6) is 0. The largest absolute Gasteiger partial charge is 0.378 e. The van der Waals surface area contributed by atoms with E-state index in [-0.39, 0.29) is 0 Å². The van der Waals surface area contributed by atoms with E-state index in [1.807, 2.05) is 12.3 Å². The molecule has 0 aliphatic carbocycles. The summed E-state index contributed by atoms with van der Waals surface area (Å²) in [6, 6.07) is 2.45. The van der Waals surface area contributed by atoms with Crippen molar-refractivity contribution in [1.82, 2.24) is 10.3 Å². The van der Waals surface area contributed by atoms with E-state index >= 15 is 0 Å². The number of rotatable bonds is 7. The molecule has 0 aromatic carbocycles. The number of hydrogen-bond acceptors (Lipinski definition) is 3. The lowest BCUT2D eigenvalue weighted by atomic mass is 10.00. The van der Waals surface area contributed by atoms with Crippen molar-refractivity contribution in [1.29, 1.82) is 0 Å². The second-order valence-corrected chi connectivity index (χ2v) is 5.60. The average molecular weight is 283 g/mol. The van der Waals surface area contributed by atoms with Crippen LogP contribution in [-0.2, 0) is 11.2 Å². The molecule has 0 bridgehead atoms. The Hall–Kier alpha value is -0.640. The van der Waals surface area contributed by atoms with E-state index in [1.54, 1.807) is 6.20 Å². The fourth-order valence-electron chi connectivity index (χ4n) is 2.57. The molecule has 1 aliphatic rings. The molecule has 0 amide bonds. The molecule has 4 heteroatoms. The molecule has 1 aromatic rings. The molecular weight excluding hydrogens is 260 g/mol. The van der Waals surface area contributed by atoms with E-state index in [1.165, 1.54) is 18.4 Å². The van der Waals surface area contributed by atoms with Gasteiger partial charge in [-0.2, -0.15) is 0 Å². The minimum atomic E-state index is 0.412. The Bertz CT molecular complexity index is 380. The number of aromatic nitrogens is 1. The summed E-state index contributed by atoms with van der Waals surface area (Å²) in [5, 5.41) is 4.38. The van der Waals surface area contributed by atoms with Gasteiger partial charge in [-0.05, 0) is 50.3 Å². The van der Waals surface area contributed by atoms with Crippen molar-refractivity contribution in [3.05, 3.63) is 29.0 Å². The van der Waals surface area contributed by atoms with E-state index in [4.69, 9.17) is 16.3 Å². The minimum absolute atomic E-state index is 0.412. The van der Waals surface area contributed by atoms with Crippen molar-refractivity contribution in [3.8, 4) is 0 Å². The van der Waals surface area contributed by atoms with E-state index in [2.05, 4.69) is 17.2 Å². The third kappa shape index (κ3) is 4.75. The first kappa shape index (κ1) is 14.8. The lowest BCUT2D eigenvalue weighted by Crippen LogP contribution is -2.35. The van der Waals surface area contributed by atoms with Crippen LogP contribution in [0.1, 0.15) is 38.2 Å². The topological polar surface area (TPSA) is 34.2 Å². The molecule has 1 fully saturated rings. The van der Waals surface area contributed by atoms with Crippen molar-refractivity contribution >= 4 is 11.6 Å². The van der Waals surface area contributed by atoms with Gasteiger partial charge in [-0.1, -0.05) is 18.5 Å². The Morgan fingerprint density at radius 2 is 2.47 bits per heavy atom. The predicted octanol–water partition coefficient (Wildman–Crippen LogP) is 3.21. The van der Waals surface area contributed by atoms with Crippen LogP contribution in [0.3, 0.4) is 0 Å². The van der Waals surface area contributed by atoms with Crippen LogP contribution in [0.4, 0.5) is 0 Å². The van der Waals surface area contributed by atoms with Crippen molar-refractivity contribution < 1.29 is 4.74 Å². The standard InChI is InChI=1S/C15H23ClN2O/c1-2-6-18-13(10-14-4-3-8-19-14)9-12-5-7-17-11-15(12)16/h5,7,11,13-14,18H,2-4,6,8-10H2,1H3. The van der Waals surface area contributed by atoms with Gasteiger partial charge in [-0.15, -0.1) is 0 Å². The Balaban J connectivity index is 1.94. The highest BCUT2D eigenvalue weighted by atomic mass is 35.5. The van der Waals surface area contributed by atoms with Crippen molar-refractivity contribution in [2.75, 3.05) is 13.2 Å². The van der Waals surface area contributed by atoms with Crippen LogP contribution in [0.5, 0.6) is 0 Å². The molecule has 19 heavy (non-hydrogen) atoms. The molecule has 1 aliphatic heterocycles. The summed E-state index contributed by atoms with van der Waals surface area (Å²) in [6.45, 7) is 4.15. The normalized spacial score (nSPS) is 20.6. The van der Waals surface area contributed by atoms with E-state index < -0.39 is 0 Å².